The van der Waals surface area contributed by atoms with E-state index in [1.165, 1.54) is 4.90 Å². The number of hydrogen-bond acceptors (Lipinski definition) is 9. The van der Waals surface area contributed by atoms with E-state index in [0.29, 0.717) is 24.1 Å². The zero-order valence-electron chi connectivity index (χ0n) is 20.6. The Bertz CT molecular complexity index is 1390. The van der Waals surface area contributed by atoms with Crippen molar-refractivity contribution in [3.8, 4) is 0 Å². The van der Waals surface area contributed by atoms with Gasteiger partial charge in [-0.05, 0) is 65.2 Å². The number of nitrogen functional groups attached to an aromatic ring is 2. The van der Waals surface area contributed by atoms with Gasteiger partial charge in [-0.15, -0.1) is 0 Å². The third kappa shape index (κ3) is 6.06. The molecule has 3 aromatic rings. The number of halogens is 1. The number of nitrogens with two attached hydrogens (primary N) is 2. The topological polar surface area (TPSA) is 179 Å². The lowest BCUT2D eigenvalue weighted by Crippen LogP contribution is -2.32. The van der Waals surface area contributed by atoms with Crippen molar-refractivity contribution >= 4 is 56.2 Å². The molecule has 0 bridgehead atoms. The van der Waals surface area contributed by atoms with Gasteiger partial charge in [0.2, 0.25) is 0 Å². The molecule has 0 aromatic heterocycles. The number of amides is 2. The Hall–Kier alpha value is -4.52. The molecule has 0 fully saturated rings. The molecule has 0 atom stereocenters. The lowest BCUT2D eigenvalue weighted by molar-refractivity contribution is -0.393. The van der Waals surface area contributed by atoms with E-state index in [-0.39, 0.29) is 27.7 Å². The van der Waals surface area contributed by atoms with Crippen LogP contribution < -0.4 is 16.4 Å². The number of imide groups is 1. The predicted octanol–water partition coefficient (Wildman–Crippen LogP) is 4.55. The van der Waals surface area contributed by atoms with E-state index in [0.717, 1.165) is 35.6 Å². The molecule has 1 aliphatic rings. The van der Waals surface area contributed by atoms with Gasteiger partial charge in [0.1, 0.15) is 5.69 Å². The van der Waals surface area contributed by atoms with Crippen LogP contribution in [0.2, 0.25) is 0 Å². The Kier molecular flexibility index (Phi) is 8.63. The molecule has 13 heteroatoms. The van der Waals surface area contributed by atoms with E-state index in [2.05, 4.69) is 20.8 Å². The van der Waals surface area contributed by atoms with Gasteiger partial charge in [0.25, 0.3) is 23.2 Å². The van der Waals surface area contributed by atoms with Gasteiger partial charge in [-0.1, -0.05) is 12.1 Å². The number of carbonyl (C=O) groups excluding carboxylic acids is 2. The number of nitrogens with zero attached hydrogens (tertiary/aromatic N) is 4. The van der Waals surface area contributed by atoms with Gasteiger partial charge in [0.05, 0.1) is 31.5 Å². The van der Waals surface area contributed by atoms with Crippen LogP contribution in [0.25, 0.3) is 0 Å². The second kappa shape index (κ2) is 11.7. The maximum Gasteiger partial charge on any atom is 0.300 e. The van der Waals surface area contributed by atoms with Gasteiger partial charge in [-0.3, -0.25) is 34.7 Å². The first-order valence-electron chi connectivity index (χ1n) is 11.3. The molecular weight excluding hydrogens is 560 g/mol. The fourth-order valence-electron chi connectivity index (χ4n) is 3.78. The first-order valence-corrected chi connectivity index (χ1v) is 12.1. The summed E-state index contributed by atoms with van der Waals surface area (Å²) in [5.41, 5.74) is 14.1. The number of anilines is 3. The summed E-state index contributed by atoms with van der Waals surface area (Å²) in [7, 11) is 1.99. The maximum absolute atomic E-state index is 12.3. The summed E-state index contributed by atoms with van der Waals surface area (Å²) in [5, 5.41) is 20.8. The summed E-state index contributed by atoms with van der Waals surface area (Å²) < 4.78 is 0.137. The molecule has 0 spiro atoms. The van der Waals surface area contributed by atoms with Crippen molar-refractivity contribution in [3.63, 3.8) is 0 Å². The Balaban J connectivity index is 0.000000244. The molecule has 0 unspecified atom stereocenters. The van der Waals surface area contributed by atoms with Crippen LogP contribution in [0, 0.1) is 27.2 Å². The fourth-order valence-corrected chi connectivity index (χ4v) is 4.22. The highest BCUT2D eigenvalue weighted by Gasteiger charge is 2.34. The monoisotopic (exact) mass is 584 g/mol. The van der Waals surface area contributed by atoms with Crippen molar-refractivity contribution in [2.45, 2.75) is 13.3 Å². The highest BCUT2D eigenvalue weighted by molar-refractivity contribution is 9.10. The Morgan fingerprint density at radius 2 is 1.55 bits per heavy atom. The van der Waals surface area contributed by atoms with Crippen LogP contribution in [0.1, 0.15) is 32.7 Å². The number of fused-ring (bicyclic) bond motifs is 1. The van der Waals surface area contributed by atoms with Crippen molar-refractivity contribution in [2.24, 2.45) is 0 Å². The molecule has 12 nitrogen and oxygen atoms in total. The van der Waals surface area contributed by atoms with Crippen molar-refractivity contribution in [1.82, 2.24) is 4.90 Å². The third-order valence-corrected chi connectivity index (χ3v) is 6.60. The second-order valence-corrected chi connectivity index (χ2v) is 9.35. The van der Waals surface area contributed by atoms with E-state index in [4.69, 9.17) is 11.5 Å². The Morgan fingerprint density at radius 3 is 2.08 bits per heavy atom. The van der Waals surface area contributed by atoms with Crippen molar-refractivity contribution in [1.29, 1.82) is 0 Å². The van der Waals surface area contributed by atoms with Crippen LogP contribution in [0.5, 0.6) is 0 Å². The maximum atomic E-state index is 12.3. The normalized spacial score (nSPS) is 12.0. The van der Waals surface area contributed by atoms with Crippen molar-refractivity contribution in [3.05, 3.63) is 96.0 Å². The lowest BCUT2D eigenvalue weighted by atomic mass is 10.1. The molecule has 198 valence electrons. The fraction of sp³-hybridized carbons (Fsp3) is 0.200. The number of non-ortho nitro benzene ring substituents is 1. The highest BCUT2D eigenvalue weighted by Crippen LogP contribution is 2.34. The standard InChI is InChI=1S/C19H21N3O2.C6H4BrN3O4/c1-13-12-14(8-9-17(13)20)21(2)10-5-11-22-18(23)15-6-3-4-7-16(15)19(22)24;7-4-1-3(9(11)12)2-5(6(4)8)10(13)14/h3-4,6-9,12H,5,10-11,20H2,1-2H3;1-2H,8H2. The average molecular weight is 585 g/mol. The van der Waals surface area contributed by atoms with Gasteiger partial charge >= 0.3 is 0 Å². The molecule has 3 aromatic carbocycles. The number of rotatable bonds is 7. The number of nitro groups is 2. The van der Waals surface area contributed by atoms with E-state index in [1.54, 1.807) is 24.3 Å². The molecule has 0 aliphatic carbocycles. The van der Waals surface area contributed by atoms with Crippen LogP contribution in [0.15, 0.2) is 59.1 Å². The average Bonchev–Trinajstić information content (AvgIpc) is 3.12. The number of nitro benzene ring substituents is 2. The van der Waals surface area contributed by atoms with E-state index < -0.39 is 15.5 Å². The summed E-state index contributed by atoms with van der Waals surface area (Å²) in [4.78, 5) is 47.4. The molecule has 38 heavy (non-hydrogen) atoms. The number of aryl methyl sites for hydroxylation is 1. The first-order chi connectivity index (χ1) is 17.9. The zero-order chi connectivity index (χ0) is 28.1. The number of benzene rings is 3. The van der Waals surface area contributed by atoms with E-state index in [1.807, 2.05) is 32.2 Å². The minimum Gasteiger partial charge on any atom is -0.399 e. The largest absolute Gasteiger partial charge is 0.399 e. The minimum absolute atomic E-state index is 0.124. The summed E-state index contributed by atoms with van der Waals surface area (Å²) in [6, 6.07) is 14.8. The van der Waals surface area contributed by atoms with Crippen LogP contribution in [0.4, 0.5) is 28.4 Å². The molecule has 4 N–H and O–H groups in total. The number of hydrogen-bond donors (Lipinski definition) is 2. The van der Waals surface area contributed by atoms with Crippen LogP contribution >= 0.6 is 15.9 Å². The molecule has 0 radical (unpaired) electrons. The van der Waals surface area contributed by atoms with E-state index in [9.17, 15) is 29.8 Å². The van der Waals surface area contributed by atoms with Crippen LogP contribution in [0.3, 0.4) is 0 Å². The molecule has 1 heterocycles. The second-order valence-electron chi connectivity index (χ2n) is 8.50. The van der Waals surface area contributed by atoms with Gasteiger partial charge in [0.15, 0.2) is 0 Å². The van der Waals surface area contributed by atoms with Gasteiger partial charge in [0, 0.05) is 37.6 Å². The molecule has 4 rings (SSSR count). The van der Waals surface area contributed by atoms with Crippen molar-refractivity contribution < 1.29 is 19.4 Å². The highest BCUT2D eigenvalue weighted by atomic mass is 79.9. The SMILES string of the molecule is Cc1cc(N(C)CCCN2C(=O)c3ccccc3C2=O)ccc1N.Nc1c(Br)cc([N+](=O)[O-])cc1[N+](=O)[O-]. The lowest BCUT2D eigenvalue weighted by Gasteiger charge is -2.22. The molecule has 0 saturated heterocycles. The Morgan fingerprint density at radius 1 is 0.947 bits per heavy atom. The molecule has 0 saturated carbocycles. The van der Waals surface area contributed by atoms with Crippen LogP contribution in [-0.2, 0) is 0 Å². The minimum atomic E-state index is -0.771. The van der Waals surface area contributed by atoms with E-state index >= 15 is 0 Å². The predicted molar refractivity (Wildman–Crippen MR) is 147 cm³/mol. The van der Waals surface area contributed by atoms with Crippen LogP contribution in [-0.4, -0.2) is 46.7 Å². The first kappa shape index (κ1) is 28.1. The smallest absolute Gasteiger partial charge is 0.300 e. The van der Waals surface area contributed by atoms with Gasteiger partial charge in [-0.25, -0.2) is 0 Å². The molecule has 1 aliphatic heterocycles. The molecule has 2 amide bonds. The zero-order valence-corrected chi connectivity index (χ0v) is 22.2. The quantitative estimate of drug-likeness (QED) is 0.174. The third-order valence-electron chi connectivity index (χ3n) is 5.95. The van der Waals surface area contributed by atoms with Gasteiger partial charge in [-0.2, -0.15) is 0 Å². The van der Waals surface area contributed by atoms with Crippen molar-refractivity contribution in [2.75, 3.05) is 36.5 Å². The molecular formula is C25H25BrN6O6. The Labute approximate surface area is 226 Å². The summed E-state index contributed by atoms with van der Waals surface area (Å²) >= 11 is 2.90. The summed E-state index contributed by atoms with van der Waals surface area (Å²) in [6.07, 6.45) is 0.714. The summed E-state index contributed by atoms with van der Waals surface area (Å²) in [5.74, 6) is -0.386. The van der Waals surface area contributed by atoms with Gasteiger partial charge < -0.3 is 16.4 Å². The number of carbonyl (C=O) groups is 2. The summed E-state index contributed by atoms with van der Waals surface area (Å²) in [6.45, 7) is 3.15.